The Bertz CT molecular complexity index is 763. The van der Waals surface area contributed by atoms with Gasteiger partial charge in [-0.3, -0.25) is 10.1 Å². The number of para-hydroxylation sites is 1. The van der Waals surface area contributed by atoms with Crippen LogP contribution in [0, 0.1) is 10.1 Å². The fourth-order valence-electron chi connectivity index (χ4n) is 1.94. The molecule has 0 spiro atoms. The molecule has 0 fully saturated rings. The zero-order valence-corrected chi connectivity index (χ0v) is 13.3. The molecule has 0 bridgehead atoms. The first-order chi connectivity index (χ1) is 11.4. The van der Waals surface area contributed by atoms with Gasteiger partial charge in [-0.05, 0) is 26.0 Å². The van der Waals surface area contributed by atoms with E-state index in [1.165, 1.54) is 13.2 Å². The molecule has 2 rings (SSSR count). The molecule has 1 aromatic carbocycles. The summed E-state index contributed by atoms with van der Waals surface area (Å²) in [6.07, 6.45) is 0.849. The predicted molar refractivity (Wildman–Crippen MR) is 85.5 cm³/mol. The van der Waals surface area contributed by atoms with E-state index in [2.05, 4.69) is 15.3 Å². The molecule has 0 unspecified atom stereocenters. The fourth-order valence-corrected chi connectivity index (χ4v) is 1.94. The van der Waals surface area contributed by atoms with Crippen molar-refractivity contribution in [3.63, 3.8) is 0 Å². The van der Waals surface area contributed by atoms with Gasteiger partial charge in [0.15, 0.2) is 0 Å². The third kappa shape index (κ3) is 3.75. The zero-order chi connectivity index (χ0) is 17.7. The van der Waals surface area contributed by atoms with Gasteiger partial charge in [-0.15, -0.1) is 0 Å². The Morgan fingerprint density at radius 3 is 2.62 bits per heavy atom. The molecule has 126 valence electrons. The first-order valence-corrected chi connectivity index (χ1v) is 7.04. The summed E-state index contributed by atoms with van der Waals surface area (Å²) in [6, 6.07) is 6.44. The number of methoxy groups -OCH3 is 1. The van der Waals surface area contributed by atoms with Crippen LogP contribution in [0.1, 0.15) is 24.2 Å². The predicted octanol–water partition coefficient (Wildman–Crippen LogP) is 2.70. The zero-order valence-electron chi connectivity index (χ0n) is 13.3. The van der Waals surface area contributed by atoms with Crippen LogP contribution in [-0.4, -0.2) is 34.1 Å². The second-order valence-electron chi connectivity index (χ2n) is 4.96. The van der Waals surface area contributed by atoms with E-state index in [9.17, 15) is 14.9 Å². The van der Waals surface area contributed by atoms with Crippen LogP contribution in [0.3, 0.4) is 0 Å². The molecule has 0 aliphatic rings. The Morgan fingerprint density at radius 2 is 2.00 bits per heavy atom. The SMILES string of the molecule is COC(=O)c1ccccc1Nc1ncnc(OC(C)C)c1[N+](=O)[O-]. The quantitative estimate of drug-likeness (QED) is 0.487. The lowest BCUT2D eigenvalue weighted by atomic mass is 10.2. The lowest BCUT2D eigenvalue weighted by molar-refractivity contribution is -0.385. The number of ether oxygens (including phenoxy) is 2. The Hall–Kier alpha value is -3.23. The minimum Gasteiger partial charge on any atom is -0.470 e. The number of anilines is 2. The van der Waals surface area contributed by atoms with Crippen molar-refractivity contribution in [1.82, 2.24) is 9.97 Å². The number of nitrogens with one attached hydrogen (secondary N) is 1. The van der Waals surface area contributed by atoms with Crippen LogP contribution < -0.4 is 10.1 Å². The molecule has 1 N–H and O–H groups in total. The molecule has 1 aromatic heterocycles. The van der Waals surface area contributed by atoms with E-state index in [1.54, 1.807) is 32.0 Å². The maximum atomic E-state index is 11.8. The molecule has 1 heterocycles. The van der Waals surface area contributed by atoms with Gasteiger partial charge < -0.3 is 14.8 Å². The summed E-state index contributed by atoms with van der Waals surface area (Å²) in [4.78, 5) is 30.3. The normalized spacial score (nSPS) is 10.3. The molecule has 9 heteroatoms. The number of benzene rings is 1. The Balaban J connectivity index is 2.47. The molecule has 24 heavy (non-hydrogen) atoms. The van der Waals surface area contributed by atoms with Gasteiger partial charge in [0.25, 0.3) is 5.88 Å². The van der Waals surface area contributed by atoms with E-state index in [4.69, 9.17) is 9.47 Å². The van der Waals surface area contributed by atoms with Crippen LogP contribution in [-0.2, 0) is 4.74 Å². The first kappa shape index (κ1) is 17.1. The van der Waals surface area contributed by atoms with Crippen molar-refractivity contribution < 1.29 is 19.2 Å². The van der Waals surface area contributed by atoms with E-state index in [-0.39, 0.29) is 23.4 Å². The van der Waals surface area contributed by atoms with Crippen LogP contribution in [0.2, 0.25) is 0 Å². The van der Waals surface area contributed by atoms with E-state index in [0.717, 1.165) is 6.33 Å². The largest absolute Gasteiger partial charge is 0.470 e. The van der Waals surface area contributed by atoms with Gasteiger partial charge in [-0.25, -0.2) is 9.78 Å². The van der Waals surface area contributed by atoms with Crippen molar-refractivity contribution >= 4 is 23.2 Å². The fraction of sp³-hybridized carbons (Fsp3) is 0.267. The molecular formula is C15H16N4O5. The van der Waals surface area contributed by atoms with Crippen molar-refractivity contribution in [1.29, 1.82) is 0 Å². The minimum absolute atomic E-state index is 0.0815. The van der Waals surface area contributed by atoms with Gasteiger partial charge in [0.2, 0.25) is 5.82 Å². The van der Waals surface area contributed by atoms with Gasteiger partial charge in [0.1, 0.15) is 6.33 Å². The average Bonchev–Trinajstić information content (AvgIpc) is 2.54. The number of esters is 1. The average molecular weight is 332 g/mol. The Morgan fingerprint density at radius 1 is 1.29 bits per heavy atom. The lowest BCUT2D eigenvalue weighted by Gasteiger charge is -2.12. The van der Waals surface area contributed by atoms with Crippen molar-refractivity contribution in [2.45, 2.75) is 20.0 Å². The molecule has 0 atom stereocenters. The van der Waals surface area contributed by atoms with Crippen LogP contribution >= 0.6 is 0 Å². The Labute approximate surface area is 137 Å². The summed E-state index contributed by atoms with van der Waals surface area (Å²) < 4.78 is 10.1. The van der Waals surface area contributed by atoms with E-state index < -0.39 is 16.6 Å². The van der Waals surface area contributed by atoms with Gasteiger partial charge in [-0.2, -0.15) is 4.98 Å². The highest BCUT2D eigenvalue weighted by molar-refractivity contribution is 5.96. The van der Waals surface area contributed by atoms with Crippen molar-refractivity contribution in [2.75, 3.05) is 12.4 Å². The second-order valence-corrected chi connectivity index (χ2v) is 4.96. The summed E-state index contributed by atoms with van der Waals surface area (Å²) in [7, 11) is 1.25. The van der Waals surface area contributed by atoms with Crippen molar-refractivity contribution in [3.05, 3.63) is 46.3 Å². The molecule has 0 saturated carbocycles. The molecule has 0 amide bonds. The third-order valence-electron chi connectivity index (χ3n) is 2.90. The number of nitrogens with zero attached hydrogens (tertiary/aromatic N) is 3. The molecule has 0 aliphatic carbocycles. The van der Waals surface area contributed by atoms with Crippen LogP contribution in [0.4, 0.5) is 17.2 Å². The number of hydrogen-bond donors (Lipinski definition) is 1. The number of hydrogen-bond acceptors (Lipinski definition) is 8. The van der Waals surface area contributed by atoms with Gasteiger partial charge in [-0.1, -0.05) is 12.1 Å². The lowest BCUT2D eigenvalue weighted by Crippen LogP contribution is -2.12. The van der Waals surface area contributed by atoms with E-state index >= 15 is 0 Å². The van der Waals surface area contributed by atoms with E-state index in [0.29, 0.717) is 5.69 Å². The van der Waals surface area contributed by atoms with Crippen LogP contribution in [0.5, 0.6) is 5.88 Å². The number of aromatic nitrogens is 2. The topological polar surface area (TPSA) is 116 Å². The summed E-state index contributed by atoms with van der Waals surface area (Å²) in [5, 5.41) is 14.2. The van der Waals surface area contributed by atoms with Crippen LogP contribution in [0.15, 0.2) is 30.6 Å². The molecular weight excluding hydrogens is 316 g/mol. The van der Waals surface area contributed by atoms with Gasteiger partial charge >= 0.3 is 11.7 Å². The monoisotopic (exact) mass is 332 g/mol. The number of carbonyl (C=O) groups is 1. The molecule has 0 saturated heterocycles. The van der Waals surface area contributed by atoms with Gasteiger partial charge in [0, 0.05) is 0 Å². The summed E-state index contributed by atoms with van der Waals surface area (Å²) in [5.74, 6) is -0.807. The highest BCUT2D eigenvalue weighted by Crippen LogP contribution is 2.34. The summed E-state index contributed by atoms with van der Waals surface area (Å²) >= 11 is 0. The molecule has 9 nitrogen and oxygen atoms in total. The summed E-state index contributed by atoms with van der Waals surface area (Å²) in [5.41, 5.74) is 0.131. The highest BCUT2D eigenvalue weighted by Gasteiger charge is 2.26. The van der Waals surface area contributed by atoms with Gasteiger partial charge in [0.05, 0.1) is 29.4 Å². The van der Waals surface area contributed by atoms with Crippen molar-refractivity contribution in [2.24, 2.45) is 0 Å². The maximum Gasteiger partial charge on any atom is 0.373 e. The van der Waals surface area contributed by atoms with E-state index in [1.807, 2.05) is 0 Å². The number of nitro groups is 1. The Kier molecular flexibility index (Phi) is 5.25. The third-order valence-corrected chi connectivity index (χ3v) is 2.90. The first-order valence-electron chi connectivity index (χ1n) is 7.04. The molecule has 2 aromatic rings. The summed E-state index contributed by atoms with van der Waals surface area (Å²) in [6.45, 7) is 3.46. The highest BCUT2D eigenvalue weighted by atomic mass is 16.6. The molecule has 0 radical (unpaired) electrons. The standard InChI is InChI=1S/C15H16N4O5/c1-9(2)24-14-12(19(21)22)13(16-8-17-14)18-11-7-5-4-6-10(11)15(20)23-3/h4-9H,1-3H3,(H,16,17,18). The van der Waals surface area contributed by atoms with Crippen LogP contribution in [0.25, 0.3) is 0 Å². The number of rotatable bonds is 6. The molecule has 0 aliphatic heterocycles. The minimum atomic E-state index is -0.638. The maximum absolute atomic E-state index is 11.8. The second kappa shape index (κ2) is 7.36. The smallest absolute Gasteiger partial charge is 0.373 e. The van der Waals surface area contributed by atoms with Crippen molar-refractivity contribution in [3.8, 4) is 5.88 Å². The number of carbonyl (C=O) groups excluding carboxylic acids is 1.